The van der Waals surface area contributed by atoms with E-state index in [1.807, 2.05) is 27.7 Å². The summed E-state index contributed by atoms with van der Waals surface area (Å²) in [5.41, 5.74) is -0.694. The highest BCUT2D eigenvalue weighted by Crippen LogP contribution is 2.36. The number of hydrogen-bond donors (Lipinski definition) is 1. The Bertz CT molecular complexity index is 654. The molecule has 1 N–H and O–H groups in total. The van der Waals surface area contributed by atoms with Gasteiger partial charge in [-0.25, -0.2) is 9.18 Å². The lowest BCUT2D eigenvalue weighted by atomic mass is 9.78. The molecule has 1 aromatic rings. The average Bonchev–Trinajstić information content (AvgIpc) is 2.84. The van der Waals surface area contributed by atoms with Crippen molar-refractivity contribution in [3.05, 3.63) is 24.0 Å². The third kappa shape index (κ3) is 5.83. The number of hydrogen-bond acceptors (Lipinski definition) is 6. The number of nitrogens with one attached hydrogen (secondary N) is 1. The van der Waals surface area contributed by atoms with Gasteiger partial charge in [0.15, 0.2) is 0 Å². The van der Waals surface area contributed by atoms with Crippen LogP contribution in [0.4, 0.5) is 9.18 Å². The van der Waals surface area contributed by atoms with Crippen LogP contribution in [-0.2, 0) is 18.8 Å². The Kier molecular flexibility index (Phi) is 7.68. The van der Waals surface area contributed by atoms with Crippen molar-refractivity contribution in [3.8, 4) is 5.75 Å². The summed E-state index contributed by atoms with van der Waals surface area (Å²) in [6, 6.07) is 4.65. The fourth-order valence-electron chi connectivity index (χ4n) is 2.48. The molecular weight excluding hydrogens is 368 g/mol. The molecule has 1 aliphatic rings. The summed E-state index contributed by atoms with van der Waals surface area (Å²) in [6.45, 7) is 9.03. The molecule has 9 heteroatoms. The zero-order chi connectivity index (χ0) is 20.8. The van der Waals surface area contributed by atoms with Crippen molar-refractivity contribution >= 4 is 18.7 Å². The van der Waals surface area contributed by atoms with Crippen LogP contribution in [0.25, 0.3) is 0 Å². The van der Waals surface area contributed by atoms with Crippen LogP contribution in [-0.4, -0.2) is 57.9 Å². The third-order valence-electron chi connectivity index (χ3n) is 4.85. The Morgan fingerprint density at radius 2 is 1.79 bits per heavy atom. The van der Waals surface area contributed by atoms with Crippen LogP contribution < -0.4 is 15.5 Å². The first-order chi connectivity index (χ1) is 13.2. The number of amides is 1. The summed E-state index contributed by atoms with van der Waals surface area (Å²) in [7, 11) is 0.745. The standard InChI is InChI=1S/C19H29BFNO6/c1-18(2)19(3,4)28-20(27-18)15-8-7-14(13-16(15)21)25-10-6-9-24-11-12-26-17(23)22-5/h7-8,13H,6,9-12H2,1-5H3,(H,22,23). The van der Waals surface area contributed by atoms with Gasteiger partial charge in [-0.2, -0.15) is 0 Å². The van der Waals surface area contributed by atoms with E-state index in [4.69, 9.17) is 23.5 Å². The number of rotatable bonds is 9. The van der Waals surface area contributed by atoms with Crippen molar-refractivity contribution < 1.29 is 32.7 Å². The van der Waals surface area contributed by atoms with E-state index in [9.17, 15) is 9.18 Å². The molecule has 0 atom stereocenters. The van der Waals surface area contributed by atoms with Gasteiger partial charge in [-0.1, -0.05) is 6.07 Å². The highest BCUT2D eigenvalue weighted by atomic mass is 19.1. The molecule has 0 bridgehead atoms. The number of carbonyl (C=O) groups is 1. The van der Waals surface area contributed by atoms with E-state index in [0.29, 0.717) is 37.5 Å². The molecule has 0 aromatic heterocycles. The highest BCUT2D eigenvalue weighted by Gasteiger charge is 2.52. The summed E-state index contributed by atoms with van der Waals surface area (Å²) in [5.74, 6) is -0.000632. The lowest BCUT2D eigenvalue weighted by molar-refractivity contribution is 0.00578. The van der Waals surface area contributed by atoms with Gasteiger partial charge in [-0.3, -0.25) is 0 Å². The highest BCUT2D eigenvalue weighted by molar-refractivity contribution is 6.62. The quantitative estimate of drug-likeness (QED) is 0.509. The van der Waals surface area contributed by atoms with E-state index in [-0.39, 0.29) is 6.61 Å². The molecule has 7 nitrogen and oxygen atoms in total. The van der Waals surface area contributed by atoms with Crippen LogP contribution >= 0.6 is 0 Å². The minimum atomic E-state index is -0.746. The molecular formula is C19H29BFNO6. The maximum absolute atomic E-state index is 14.5. The number of alkyl carbamates (subject to hydrolysis) is 1. The summed E-state index contributed by atoms with van der Waals surface area (Å²) >= 11 is 0. The van der Waals surface area contributed by atoms with Crippen LogP contribution in [0.3, 0.4) is 0 Å². The van der Waals surface area contributed by atoms with Crippen LogP contribution in [0.15, 0.2) is 18.2 Å². The Morgan fingerprint density at radius 1 is 1.11 bits per heavy atom. The van der Waals surface area contributed by atoms with Crippen LogP contribution in [0, 0.1) is 5.82 Å². The smallest absolute Gasteiger partial charge is 0.493 e. The fourth-order valence-corrected chi connectivity index (χ4v) is 2.48. The Hall–Kier alpha value is -1.84. The van der Waals surface area contributed by atoms with E-state index in [1.54, 1.807) is 12.1 Å². The average molecular weight is 397 g/mol. The maximum atomic E-state index is 14.5. The Balaban J connectivity index is 1.72. The molecule has 1 aliphatic heterocycles. The Labute approximate surface area is 166 Å². The molecule has 1 saturated heterocycles. The second-order valence-electron chi connectivity index (χ2n) is 7.47. The number of ether oxygens (including phenoxy) is 3. The molecule has 0 spiro atoms. The number of benzene rings is 1. The lowest BCUT2D eigenvalue weighted by Crippen LogP contribution is -2.41. The molecule has 0 aliphatic carbocycles. The second kappa shape index (κ2) is 9.58. The van der Waals surface area contributed by atoms with Crippen molar-refractivity contribution in [1.82, 2.24) is 5.32 Å². The predicted octanol–water partition coefficient (Wildman–Crippen LogP) is 2.27. The monoisotopic (exact) mass is 397 g/mol. The molecule has 28 heavy (non-hydrogen) atoms. The maximum Gasteiger partial charge on any atom is 0.497 e. The minimum absolute atomic E-state index is 0.187. The van der Waals surface area contributed by atoms with Crippen LogP contribution in [0.1, 0.15) is 34.1 Å². The summed E-state index contributed by atoms with van der Waals surface area (Å²) in [4.78, 5) is 10.8. The first-order valence-electron chi connectivity index (χ1n) is 9.36. The van der Waals surface area contributed by atoms with Gasteiger partial charge in [-0.05, 0) is 33.8 Å². The molecule has 1 aromatic carbocycles. The van der Waals surface area contributed by atoms with Gasteiger partial charge in [0.05, 0.1) is 24.4 Å². The normalized spacial score (nSPS) is 17.4. The topological polar surface area (TPSA) is 75.3 Å². The van der Waals surface area contributed by atoms with Crippen molar-refractivity contribution in [2.45, 2.75) is 45.3 Å². The van der Waals surface area contributed by atoms with E-state index >= 15 is 0 Å². The predicted molar refractivity (Wildman–Crippen MR) is 103 cm³/mol. The van der Waals surface area contributed by atoms with Gasteiger partial charge in [0.1, 0.15) is 18.2 Å². The van der Waals surface area contributed by atoms with E-state index in [1.165, 1.54) is 13.1 Å². The van der Waals surface area contributed by atoms with Gasteiger partial charge < -0.3 is 28.8 Å². The minimum Gasteiger partial charge on any atom is -0.493 e. The zero-order valence-corrected chi connectivity index (χ0v) is 17.2. The molecule has 156 valence electrons. The summed E-state index contributed by atoms with van der Waals surface area (Å²) < 4.78 is 41.9. The van der Waals surface area contributed by atoms with Gasteiger partial charge in [0.25, 0.3) is 0 Å². The van der Waals surface area contributed by atoms with Gasteiger partial charge in [-0.15, -0.1) is 0 Å². The second-order valence-corrected chi connectivity index (χ2v) is 7.47. The summed E-state index contributed by atoms with van der Waals surface area (Å²) in [6.07, 6.45) is 0.138. The first kappa shape index (κ1) is 22.5. The Morgan fingerprint density at radius 3 is 2.39 bits per heavy atom. The van der Waals surface area contributed by atoms with Crippen molar-refractivity contribution in [3.63, 3.8) is 0 Å². The molecule has 1 amide bonds. The fraction of sp³-hybridized carbons (Fsp3) is 0.632. The molecule has 0 saturated carbocycles. The van der Waals surface area contributed by atoms with Gasteiger partial charge >= 0.3 is 13.2 Å². The third-order valence-corrected chi connectivity index (χ3v) is 4.85. The molecule has 1 fully saturated rings. The van der Waals surface area contributed by atoms with Gasteiger partial charge in [0, 0.05) is 31.6 Å². The summed E-state index contributed by atoms with van der Waals surface area (Å²) in [5, 5.41) is 2.35. The molecule has 0 radical (unpaired) electrons. The number of carbonyl (C=O) groups excluding carboxylic acids is 1. The largest absolute Gasteiger partial charge is 0.497 e. The van der Waals surface area contributed by atoms with Crippen molar-refractivity contribution in [2.75, 3.05) is 33.5 Å². The molecule has 1 heterocycles. The molecule has 0 unspecified atom stereocenters. The number of halogens is 1. The lowest BCUT2D eigenvalue weighted by Gasteiger charge is -2.32. The van der Waals surface area contributed by atoms with Crippen molar-refractivity contribution in [1.29, 1.82) is 0 Å². The van der Waals surface area contributed by atoms with E-state index in [2.05, 4.69) is 5.32 Å². The van der Waals surface area contributed by atoms with E-state index < -0.39 is 30.2 Å². The molecule has 2 rings (SSSR count). The van der Waals surface area contributed by atoms with Crippen molar-refractivity contribution in [2.24, 2.45) is 0 Å². The first-order valence-corrected chi connectivity index (χ1v) is 9.36. The van der Waals surface area contributed by atoms with Crippen LogP contribution in [0.5, 0.6) is 5.75 Å². The zero-order valence-electron chi connectivity index (χ0n) is 17.2. The SMILES string of the molecule is CNC(=O)OCCOCCCOc1ccc(B2OC(C)(C)C(C)(C)O2)c(F)c1. The van der Waals surface area contributed by atoms with Crippen LogP contribution in [0.2, 0.25) is 0 Å². The van der Waals surface area contributed by atoms with E-state index in [0.717, 1.165) is 0 Å². The van der Waals surface area contributed by atoms with Gasteiger partial charge in [0.2, 0.25) is 0 Å².